The van der Waals surface area contributed by atoms with Gasteiger partial charge in [-0.25, -0.2) is 0 Å². The van der Waals surface area contributed by atoms with Crippen LogP contribution in [0.15, 0.2) is 39.5 Å². The second kappa shape index (κ2) is 20.4. The summed E-state index contributed by atoms with van der Waals surface area (Å²) < 4.78 is 38.8. The first-order valence-electron chi connectivity index (χ1n) is 17.7. The van der Waals surface area contributed by atoms with E-state index in [1.165, 1.54) is 0 Å². The lowest BCUT2D eigenvalue weighted by molar-refractivity contribution is -0.289. The number of hydrogen-bond acceptors (Lipinski definition) is 20. The Bertz CT molecular complexity index is 2260. The first-order valence-corrected chi connectivity index (χ1v) is 17.7. The Labute approximate surface area is 339 Å². The Balaban J connectivity index is 1.85. The first kappa shape index (κ1) is 46.1. The molecule has 1 fully saturated rings. The van der Waals surface area contributed by atoms with Crippen molar-refractivity contribution in [2.45, 2.75) is 82.1 Å². The highest BCUT2D eigenvalue weighted by atomic mass is 16.7. The third-order valence-electron chi connectivity index (χ3n) is 8.37. The molecule has 2 heterocycles. The molecule has 0 aliphatic carbocycles. The molecule has 1 saturated heterocycles. The number of fused-ring (bicyclic) bond motifs is 1. The van der Waals surface area contributed by atoms with Crippen LogP contribution in [0.3, 0.4) is 0 Å². The van der Waals surface area contributed by atoms with Crippen molar-refractivity contribution in [2.24, 2.45) is 0 Å². The molecule has 1 aliphatic heterocycles. The van der Waals surface area contributed by atoms with Gasteiger partial charge in [0, 0.05) is 17.7 Å². The van der Waals surface area contributed by atoms with E-state index in [1.807, 2.05) is 0 Å². The van der Waals surface area contributed by atoms with Crippen LogP contribution in [0.1, 0.15) is 51.4 Å². The third kappa shape index (κ3) is 12.7. The summed E-state index contributed by atoms with van der Waals surface area (Å²) in [6, 6.07) is 4.69. The number of aromatic hydroxyl groups is 4. The van der Waals surface area contributed by atoms with Crippen molar-refractivity contribution in [3.8, 4) is 40.1 Å². The topological polar surface area (TPSA) is 384 Å². The van der Waals surface area contributed by atoms with Gasteiger partial charge >= 0.3 is 47.8 Å². The SMILES string of the molecule is O=C(O)CCC(=O)OC[C@H]1O[C@@H](Oc2cc(-c3oc4cc(O)cc(O)c4c(=O)c3O)ccc2O)[C@H](OC(=O)CCC(=O)O)[C@@H](OC(=O)CCC(=O)O)[C@@H]1OC(=O)CCC(=O)O. The zero-order valence-electron chi connectivity index (χ0n) is 31.2. The molecule has 0 saturated carbocycles. The molecule has 0 radical (unpaired) electrons. The number of phenols is 3. The number of carboxylic acid groups (broad SMARTS) is 4. The zero-order chi connectivity index (χ0) is 45.1. The van der Waals surface area contributed by atoms with Gasteiger partial charge in [0.15, 0.2) is 29.5 Å². The maximum absolute atomic E-state index is 13.1. The highest BCUT2D eigenvalue weighted by Crippen LogP contribution is 2.40. The van der Waals surface area contributed by atoms with E-state index in [0.717, 1.165) is 30.3 Å². The summed E-state index contributed by atoms with van der Waals surface area (Å²) in [5, 5.41) is 77.7. The molecule has 328 valence electrons. The molecule has 24 heteroatoms. The van der Waals surface area contributed by atoms with Crippen LogP contribution >= 0.6 is 0 Å². The van der Waals surface area contributed by atoms with Gasteiger partial charge in [-0.15, -0.1) is 0 Å². The van der Waals surface area contributed by atoms with Gasteiger partial charge < -0.3 is 73.7 Å². The highest BCUT2D eigenvalue weighted by molar-refractivity contribution is 5.88. The molecule has 0 unspecified atom stereocenters. The Hall–Kier alpha value is -7.63. The van der Waals surface area contributed by atoms with E-state index >= 15 is 0 Å². The number of hydrogen-bond donors (Lipinski definition) is 8. The smallest absolute Gasteiger partial charge is 0.307 e. The van der Waals surface area contributed by atoms with Crippen molar-refractivity contribution in [2.75, 3.05) is 6.61 Å². The molecule has 61 heavy (non-hydrogen) atoms. The van der Waals surface area contributed by atoms with Crippen LogP contribution in [0.5, 0.6) is 28.7 Å². The van der Waals surface area contributed by atoms with Gasteiger partial charge in [0.1, 0.15) is 35.2 Å². The van der Waals surface area contributed by atoms with Gasteiger partial charge in [-0.1, -0.05) is 0 Å². The van der Waals surface area contributed by atoms with Crippen molar-refractivity contribution >= 4 is 58.7 Å². The molecule has 1 aromatic heterocycles. The maximum atomic E-state index is 13.1. The summed E-state index contributed by atoms with van der Waals surface area (Å²) >= 11 is 0. The molecule has 1 aliphatic rings. The second-order valence-corrected chi connectivity index (χ2v) is 12.9. The summed E-state index contributed by atoms with van der Waals surface area (Å²) in [5.41, 5.74) is -1.82. The quantitative estimate of drug-likeness (QED) is 0.0582. The molecule has 0 bridgehead atoms. The number of aliphatic carboxylic acids is 4. The molecule has 2 aromatic carbocycles. The molecule has 0 spiro atoms. The average molecular weight is 865 g/mol. The molecule has 5 atom stereocenters. The monoisotopic (exact) mass is 864 g/mol. The molecule has 24 nitrogen and oxygen atoms in total. The van der Waals surface area contributed by atoms with E-state index in [0.29, 0.717) is 0 Å². The van der Waals surface area contributed by atoms with Crippen molar-refractivity contribution in [1.29, 1.82) is 0 Å². The molecular weight excluding hydrogens is 828 g/mol. The highest BCUT2D eigenvalue weighted by Gasteiger charge is 2.54. The minimum absolute atomic E-state index is 0.247. The Morgan fingerprint density at radius 1 is 0.590 bits per heavy atom. The fraction of sp³-hybridized carbons (Fsp3) is 0.378. The summed E-state index contributed by atoms with van der Waals surface area (Å²) in [6.07, 6.45) is -16.8. The van der Waals surface area contributed by atoms with Gasteiger partial charge in [-0.3, -0.25) is 43.2 Å². The number of carboxylic acids is 4. The van der Waals surface area contributed by atoms with Gasteiger partial charge in [-0.05, 0) is 18.2 Å². The van der Waals surface area contributed by atoms with E-state index in [2.05, 4.69) is 0 Å². The standard InChI is InChI=1S/C37H36O24/c38-16-12-18(40)30-20(13-16)56-33(32(54)31(30)53)15-1-2-17(39)19(11-15)57-37-36(61-29(52)10-6-25(47)48)35(60-28(51)9-5-24(45)46)34(59-27(50)8-4-23(43)44)21(58-37)14-55-26(49)7-3-22(41)42/h1-2,11-13,21,34-40,54H,3-10,14H2,(H,41,42)(H,43,44)(H,45,46)(H,47,48)/t21-,34-,35+,36-,37-/m1/s1. The van der Waals surface area contributed by atoms with Crippen molar-refractivity contribution in [1.82, 2.24) is 0 Å². The van der Waals surface area contributed by atoms with Crippen molar-refractivity contribution in [3.63, 3.8) is 0 Å². The van der Waals surface area contributed by atoms with Crippen LogP contribution in [0, 0.1) is 0 Å². The lowest BCUT2D eigenvalue weighted by atomic mass is 9.97. The average Bonchev–Trinajstić information content (AvgIpc) is 3.17. The number of esters is 4. The van der Waals surface area contributed by atoms with E-state index in [4.69, 9.17) is 53.3 Å². The summed E-state index contributed by atoms with van der Waals surface area (Å²) in [6.45, 7) is -0.986. The number of carbonyl (C=O) groups is 8. The molecule has 3 aromatic rings. The summed E-state index contributed by atoms with van der Waals surface area (Å²) in [4.78, 5) is 109. The van der Waals surface area contributed by atoms with Gasteiger partial charge in [-0.2, -0.15) is 0 Å². The van der Waals surface area contributed by atoms with Crippen molar-refractivity contribution < 1.29 is 112 Å². The second-order valence-electron chi connectivity index (χ2n) is 12.9. The Morgan fingerprint density at radius 2 is 1.10 bits per heavy atom. The molecule has 0 amide bonds. The number of carbonyl (C=O) groups excluding carboxylic acids is 4. The van der Waals surface area contributed by atoms with E-state index in [1.54, 1.807) is 0 Å². The number of ether oxygens (including phenoxy) is 6. The Morgan fingerprint density at radius 3 is 1.64 bits per heavy atom. The lowest BCUT2D eigenvalue weighted by Gasteiger charge is -2.44. The molecule has 8 N–H and O–H groups in total. The van der Waals surface area contributed by atoms with Gasteiger partial charge in [0.25, 0.3) is 0 Å². The summed E-state index contributed by atoms with van der Waals surface area (Å²) in [7, 11) is 0. The predicted octanol–water partition coefficient (Wildman–Crippen LogP) is 1.12. The van der Waals surface area contributed by atoms with E-state index < -0.39 is 187 Å². The minimum atomic E-state index is -2.19. The minimum Gasteiger partial charge on any atom is -0.508 e. The van der Waals surface area contributed by atoms with Crippen molar-refractivity contribution in [3.05, 3.63) is 40.6 Å². The predicted molar refractivity (Wildman–Crippen MR) is 192 cm³/mol. The van der Waals surface area contributed by atoms with Crippen LogP contribution in [0.2, 0.25) is 0 Å². The summed E-state index contributed by atoms with van der Waals surface area (Å²) in [5.74, 6) is -15.3. The van der Waals surface area contributed by atoms with E-state index in [9.17, 15) is 63.6 Å². The first-order chi connectivity index (χ1) is 28.7. The van der Waals surface area contributed by atoms with Crippen LogP contribution in [-0.4, -0.2) is 126 Å². The van der Waals surface area contributed by atoms with Crippen LogP contribution in [-0.2, 0) is 62.0 Å². The normalized spacial score (nSPS) is 18.3. The van der Waals surface area contributed by atoms with Gasteiger partial charge in [0.05, 0.1) is 51.4 Å². The molecule has 4 rings (SSSR count). The fourth-order valence-corrected chi connectivity index (χ4v) is 5.57. The van der Waals surface area contributed by atoms with E-state index in [-0.39, 0.29) is 5.56 Å². The van der Waals surface area contributed by atoms with Crippen LogP contribution in [0.25, 0.3) is 22.3 Å². The third-order valence-corrected chi connectivity index (χ3v) is 8.37. The zero-order valence-corrected chi connectivity index (χ0v) is 31.2. The van der Waals surface area contributed by atoms with Crippen LogP contribution in [0.4, 0.5) is 0 Å². The van der Waals surface area contributed by atoms with Gasteiger partial charge in [0.2, 0.25) is 23.6 Å². The Kier molecular flexibility index (Phi) is 15.4. The largest absolute Gasteiger partial charge is 0.508 e. The number of rotatable bonds is 20. The molecular formula is C37H36O24. The number of benzene rings is 2. The fourth-order valence-electron chi connectivity index (χ4n) is 5.57. The number of phenolic OH excluding ortho intramolecular Hbond substituents is 3. The lowest BCUT2D eigenvalue weighted by Crippen LogP contribution is -2.64. The maximum Gasteiger partial charge on any atom is 0.307 e. The van der Waals surface area contributed by atoms with Crippen LogP contribution < -0.4 is 10.2 Å².